The first kappa shape index (κ1) is 12.9. The molecular formula is C14H26N2O. The van der Waals surface area contributed by atoms with Crippen molar-refractivity contribution in [2.45, 2.75) is 64.0 Å². The molecule has 0 aromatic heterocycles. The molecule has 0 saturated heterocycles. The normalized spacial score (nSPS) is 29.8. The van der Waals surface area contributed by atoms with E-state index < -0.39 is 0 Å². The van der Waals surface area contributed by atoms with Crippen molar-refractivity contribution in [2.24, 2.45) is 5.92 Å². The molecule has 2 unspecified atom stereocenters. The molecule has 0 aromatic carbocycles. The number of carbonyl (C=O) groups is 1. The highest BCUT2D eigenvalue weighted by atomic mass is 16.2. The van der Waals surface area contributed by atoms with Crippen LogP contribution in [0.5, 0.6) is 0 Å². The highest BCUT2D eigenvalue weighted by Crippen LogP contribution is 2.25. The Morgan fingerprint density at radius 2 is 1.94 bits per heavy atom. The van der Waals surface area contributed by atoms with Gasteiger partial charge in [-0.25, -0.2) is 0 Å². The van der Waals surface area contributed by atoms with Crippen LogP contribution in [0, 0.1) is 5.92 Å². The zero-order chi connectivity index (χ0) is 12.3. The number of nitrogens with zero attached hydrogens (tertiary/aromatic N) is 1. The average Bonchev–Trinajstić information content (AvgIpc) is 3.13. The van der Waals surface area contributed by atoms with Gasteiger partial charge in [0.25, 0.3) is 0 Å². The molecule has 2 rings (SSSR count). The maximum Gasteiger partial charge on any atom is 0.236 e. The van der Waals surface area contributed by atoms with Gasteiger partial charge >= 0.3 is 0 Å². The van der Waals surface area contributed by atoms with Gasteiger partial charge in [0.05, 0.1) is 6.54 Å². The van der Waals surface area contributed by atoms with Gasteiger partial charge in [0.15, 0.2) is 0 Å². The van der Waals surface area contributed by atoms with Gasteiger partial charge in [-0.15, -0.1) is 0 Å². The van der Waals surface area contributed by atoms with E-state index in [1.807, 2.05) is 11.9 Å². The molecule has 0 spiro atoms. The van der Waals surface area contributed by atoms with Gasteiger partial charge in [0.2, 0.25) is 5.91 Å². The molecule has 0 aliphatic heterocycles. The summed E-state index contributed by atoms with van der Waals surface area (Å²) in [4.78, 5) is 13.8. The van der Waals surface area contributed by atoms with Crippen molar-refractivity contribution >= 4 is 5.91 Å². The molecule has 2 atom stereocenters. The Kier molecular flexibility index (Phi) is 4.43. The molecular weight excluding hydrogens is 212 g/mol. The third-order valence-corrected chi connectivity index (χ3v) is 4.29. The van der Waals surface area contributed by atoms with Crippen molar-refractivity contribution in [3.63, 3.8) is 0 Å². The van der Waals surface area contributed by atoms with E-state index in [1.165, 1.54) is 44.9 Å². The van der Waals surface area contributed by atoms with Gasteiger partial charge in [0.1, 0.15) is 0 Å². The third-order valence-electron chi connectivity index (χ3n) is 4.29. The van der Waals surface area contributed by atoms with Gasteiger partial charge in [0, 0.05) is 19.1 Å². The summed E-state index contributed by atoms with van der Waals surface area (Å²) in [6.07, 6.45) is 8.85. The van der Waals surface area contributed by atoms with Crippen LogP contribution >= 0.6 is 0 Å². The van der Waals surface area contributed by atoms with E-state index in [9.17, 15) is 4.79 Å². The predicted octanol–water partition coefficient (Wildman–Crippen LogP) is 2.17. The summed E-state index contributed by atoms with van der Waals surface area (Å²) in [5.41, 5.74) is 0. The Bertz CT molecular complexity index is 263. The molecule has 3 heteroatoms. The Morgan fingerprint density at radius 1 is 1.18 bits per heavy atom. The molecule has 2 saturated carbocycles. The fourth-order valence-corrected chi connectivity index (χ4v) is 2.71. The molecule has 2 aliphatic rings. The molecule has 1 amide bonds. The number of carbonyl (C=O) groups excluding carboxylic acids is 1. The average molecular weight is 238 g/mol. The van der Waals surface area contributed by atoms with Gasteiger partial charge in [-0.2, -0.15) is 0 Å². The van der Waals surface area contributed by atoms with Crippen LogP contribution in [0.3, 0.4) is 0 Å². The highest BCUT2D eigenvalue weighted by Gasteiger charge is 2.29. The number of rotatable bonds is 4. The predicted molar refractivity (Wildman–Crippen MR) is 69.8 cm³/mol. The first-order valence-electron chi connectivity index (χ1n) is 7.16. The van der Waals surface area contributed by atoms with Crippen molar-refractivity contribution in [2.75, 3.05) is 13.6 Å². The zero-order valence-electron chi connectivity index (χ0n) is 11.2. The fourth-order valence-electron chi connectivity index (χ4n) is 2.71. The van der Waals surface area contributed by atoms with E-state index in [-0.39, 0.29) is 5.91 Å². The van der Waals surface area contributed by atoms with Crippen molar-refractivity contribution in [3.8, 4) is 0 Å². The second-order valence-corrected chi connectivity index (χ2v) is 5.93. The summed E-state index contributed by atoms with van der Waals surface area (Å²) in [5.74, 6) is 1.14. The lowest BCUT2D eigenvalue weighted by Crippen LogP contribution is -2.40. The highest BCUT2D eigenvalue weighted by molar-refractivity contribution is 5.78. The molecule has 0 heterocycles. The number of hydrogen-bond acceptors (Lipinski definition) is 2. The van der Waals surface area contributed by atoms with Crippen molar-refractivity contribution in [3.05, 3.63) is 0 Å². The molecule has 17 heavy (non-hydrogen) atoms. The summed E-state index contributed by atoms with van der Waals surface area (Å²) in [6.45, 7) is 2.88. The lowest BCUT2D eigenvalue weighted by molar-refractivity contribution is -0.129. The lowest BCUT2D eigenvalue weighted by Gasteiger charge is -2.20. The fraction of sp³-hybridized carbons (Fsp3) is 0.929. The number of nitrogens with one attached hydrogen (secondary N) is 1. The van der Waals surface area contributed by atoms with Gasteiger partial charge in [-0.3, -0.25) is 4.79 Å². The summed E-state index contributed by atoms with van der Waals surface area (Å²) >= 11 is 0. The van der Waals surface area contributed by atoms with Crippen LogP contribution in [0.25, 0.3) is 0 Å². The molecule has 2 aliphatic carbocycles. The first-order valence-corrected chi connectivity index (χ1v) is 7.16. The SMILES string of the molecule is CC1CCCC(NCC(=O)N(C)C2CC2)CC1. The van der Waals surface area contributed by atoms with E-state index in [0.717, 1.165) is 5.92 Å². The molecule has 98 valence electrons. The second kappa shape index (κ2) is 5.85. The Hall–Kier alpha value is -0.570. The van der Waals surface area contributed by atoms with Crippen LogP contribution in [0.2, 0.25) is 0 Å². The molecule has 3 nitrogen and oxygen atoms in total. The topological polar surface area (TPSA) is 32.3 Å². The van der Waals surface area contributed by atoms with Crippen LogP contribution in [0.4, 0.5) is 0 Å². The standard InChI is InChI=1S/C14H26N2O/c1-11-4-3-5-12(7-6-11)15-10-14(17)16(2)13-8-9-13/h11-13,15H,3-10H2,1-2H3. The van der Waals surface area contributed by atoms with Gasteiger partial charge in [-0.1, -0.05) is 19.8 Å². The van der Waals surface area contributed by atoms with Gasteiger partial charge < -0.3 is 10.2 Å². The third kappa shape index (κ3) is 3.98. The Labute approximate surface area is 105 Å². The van der Waals surface area contributed by atoms with Crippen molar-refractivity contribution in [1.29, 1.82) is 0 Å². The first-order chi connectivity index (χ1) is 8.16. The zero-order valence-corrected chi connectivity index (χ0v) is 11.2. The quantitative estimate of drug-likeness (QED) is 0.761. The van der Waals surface area contributed by atoms with Crippen LogP contribution in [0.15, 0.2) is 0 Å². The summed E-state index contributed by atoms with van der Waals surface area (Å²) < 4.78 is 0. The monoisotopic (exact) mass is 238 g/mol. The van der Waals surface area contributed by atoms with E-state index >= 15 is 0 Å². The molecule has 0 bridgehead atoms. The van der Waals surface area contributed by atoms with Crippen LogP contribution in [-0.4, -0.2) is 36.5 Å². The summed E-state index contributed by atoms with van der Waals surface area (Å²) in [5, 5.41) is 3.45. The molecule has 0 radical (unpaired) electrons. The number of hydrogen-bond donors (Lipinski definition) is 1. The summed E-state index contributed by atoms with van der Waals surface area (Å²) in [6, 6.07) is 1.11. The van der Waals surface area contributed by atoms with Gasteiger partial charge in [-0.05, 0) is 38.0 Å². The van der Waals surface area contributed by atoms with Crippen molar-refractivity contribution in [1.82, 2.24) is 10.2 Å². The van der Waals surface area contributed by atoms with E-state index in [4.69, 9.17) is 0 Å². The second-order valence-electron chi connectivity index (χ2n) is 5.93. The largest absolute Gasteiger partial charge is 0.342 e. The van der Waals surface area contributed by atoms with Crippen molar-refractivity contribution < 1.29 is 4.79 Å². The lowest BCUT2D eigenvalue weighted by atomic mass is 10.0. The minimum absolute atomic E-state index is 0.268. The Morgan fingerprint density at radius 3 is 2.65 bits per heavy atom. The minimum Gasteiger partial charge on any atom is -0.342 e. The van der Waals surface area contributed by atoms with E-state index in [0.29, 0.717) is 18.6 Å². The Balaban J connectivity index is 1.68. The summed E-state index contributed by atoms with van der Waals surface area (Å²) in [7, 11) is 1.94. The molecule has 0 aromatic rings. The minimum atomic E-state index is 0.268. The molecule has 1 N–H and O–H groups in total. The smallest absolute Gasteiger partial charge is 0.236 e. The van der Waals surface area contributed by atoms with Crippen LogP contribution in [0.1, 0.15) is 51.9 Å². The maximum atomic E-state index is 11.9. The van der Waals surface area contributed by atoms with E-state index in [1.54, 1.807) is 0 Å². The van der Waals surface area contributed by atoms with Crippen LogP contribution < -0.4 is 5.32 Å². The number of amides is 1. The maximum absolute atomic E-state index is 11.9. The molecule has 2 fully saturated rings. The van der Waals surface area contributed by atoms with Crippen LogP contribution in [-0.2, 0) is 4.79 Å². The number of likely N-dealkylation sites (N-methyl/N-ethyl adjacent to an activating group) is 1. The van der Waals surface area contributed by atoms with E-state index in [2.05, 4.69) is 12.2 Å².